The van der Waals surface area contributed by atoms with Gasteiger partial charge in [-0.25, -0.2) is 0 Å². The molecule has 1 fully saturated rings. The van der Waals surface area contributed by atoms with E-state index in [9.17, 15) is 9.59 Å². The Bertz CT molecular complexity index is 476. The predicted molar refractivity (Wildman–Crippen MR) is 71.8 cm³/mol. The quantitative estimate of drug-likeness (QED) is 0.767. The number of carbonyl (C=O) groups is 2. The number of nitrogens with one attached hydrogen (secondary N) is 1. The fourth-order valence-corrected chi connectivity index (χ4v) is 2.37. The van der Waals surface area contributed by atoms with Crippen molar-refractivity contribution in [3.63, 3.8) is 0 Å². The summed E-state index contributed by atoms with van der Waals surface area (Å²) in [4.78, 5) is 22.6. The first-order valence-electron chi connectivity index (χ1n) is 6.41. The molecule has 0 unspecified atom stereocenters. The van der Waals surface area contributed by atoms with Gasteiger partial charge in [0, 0.05) is 5.69 Å². The van der Waals surface area contributed by atoms with E-state index in [1.807, 2.05) is 0 Å². The van der Waals surface area contributed by atoms with E-state index in [2.05, 4.69) is 5.32 Å². The summed E-state index contributed by atoms with van der Waals surface area (Å²) in [5.74, 6) is -1.03. The Hall–Kier alpha value is -1.88. The van der Waals surface area contributed by atoms with Gasteiger partial charge in [-0.05, 0) is 30.5 Å². The topological polar surface area (TPSA) is 92.4 Å². The molecule has 1 aromatic carbocycles. The molecule has 1 aliphatic rings. The van der Waals surface area contributed by atoms with Crippen LogP contribution in [-0.4, -0.2) is 22.5 Å². The van der Waals surface area contributed by atoms with Gasteiger partial charge < -0.3 is 16.2 Å². The summed E-state index contributed by atoms with van der Waals surface area (Å²) in [5.41, 5.74) is 6.66. The minimum absolute atomic E-state index is 0.0188. The third kappa shape index (κ3) is 3.32. The van der Waals surface area contributed by atoms with Gasteiger partial charge in [0.2, 0.25) is 5.91 Å². The molecule has 1 amide bonds. The summed E-state index contributed by atoms with van der Waals surface area (Å²) in [5, 5.41) is 11.5. The van der Waals surface area contributed by atoms with E-state index >= 15 is 0 Å². The van der Waals surface area contributed by atoms with Gasteiger partial charge in [-0.15, -0.1) is 0 Å². The lowest BCUT2D eigenvalue weighted by Gasteiger charge is -2.22. The van der Waals surface area contributed by atoms with Crippen LogP contribution >= 0.6 is 0 Å². The summed E-state index contributed by atoms with van der Waals surface area (Å²) < 4.78 is 0. The third-order valence-corrected chi connectivity index (χ3v) is 3.52. The van der Waals surface area contributed by atoms with Crippen molar-refractivity contribution in [2.45, 2.75) is 37.6 Å². The minimum Gasteiger partial charge on any atom is -0.481 e. The van der Waals surface area contributed by atoms with Gasteiger partial charge in [-0.2, -0.15) is 0 Å². The highest BCUT2D eigenvalue weighted by Crippen LogP contribution is 2.28. The summed E-state index contributed by atoms with van der Waals surface area (Å²) in [6.45, 7) is 0. The number of hydrogen-bond donors (Lipinski definition) is 3. The molecule has 1 aromatic rings. The summed E-state index contributed by atoms with van der Waals surface area (Å²) in [7, 11) is 0. The van der Waals surface area contributed by atoms with Crippen molar-refractivity contribution in [1.29, 1.82) is 0 Å². The van der Waals surface area contributed by atoms with Crippen molar-refractivity contribution in [2.75, 3.05) is 5.32 Å². The highest BCUT2D eigenvalue weighted by Gasteiger charge is 2.36. The highest BCUT2D eigenvalue weighted by molar-refractivity contribution is 5.98. The number of carbonyl (C=O) groups excluding carboxylic acids is 1. The molecule has 2 rings (SSSR count). The lowest BCUT2D eigenvalue weighted by atomic mass is 9.98. The van der Waals surface area contributed by atoms with Gasteiger partial charge in [-0.1, -0.05) is 25.0 Å². The monoisotopic (exact) mass is 262 g/mol. The molecule has 0 bridgehead atoms. The Morgan fingerprint density at radius 2 is 1.79 bits per heavy atom. The molecular weight excluding hydrogens is 244 g/mol. The largest absolute Gasteiger partial charge is 0.481 e. The first-order valence-corrected chi connectivity index (χ1v) is 6.41. The summed E-state index contributed by atoms with van der Waals surface area (Å²) in [6.07, 6.45) is 3.39. The number of benzene rings is 1. The lowest BCUT2D eigenvalue weighted by Crippen LogP contribution is -2.48. The van der Waals surface area contributed by atoms with Crippen LogP contribution in [0.3, 0.4) is 0 Å². The maximum Gasteiger partial charge on any atom is 0.307 e. The normalized spacial score (nSPS) is 17.1. The molecule has 4 N–H and O–H groups in total. The Morgan fingerprint density at radius 1 is 1.21 bits per heavy atom. The Kier molecular flexibility index (Phi) is 3.85. The molecule has 102 valence electrons. The SMILES string of the molecule is NC1(C(=O)Nc2ccc(CC(=O)O)cc2)CCCC1. The standard InChI is InChI=1S/C14H18N2O3/c15-14(7-1-2-8-14)13(19)16-11-5-3-10(4-6-11)9-12(17)18/h3-6H,1-2,7-9,15H2,(H,16,19)(H,17,18). The third-order valence-electron chi connectivity index (χ3n) is 3.52. The fourth-order valence-electron chi connectivity index (χ4n) is 2.37. The van der Waals surface area contributed by atoms with Gasteiger partial charge in [0.25, 0.3) is 0 Å². The van der Waals surface area contributed by atoms with E-state index in [4.69, 9.17) is 10.8 Å². The van der Waals surface area contributed by atoms with Gasteiger partial charge in [0.1, 0.15) is 0 Å². The molecule has 19 heavy (non-hydrogen) atoms. The Morgan fingerprint density at radius 3 is 2.32 bits per heavy atom. The molecule has 5 nitrogen and oxygen atoms in total. The zero-order valence-electron chi connectivity index (χ0n) is 10.7. The van der Waals surface area contributed by atoms with Crippen molar-refractivity contribution in [1.82, 2.24) is 0 Å². The molecule has 0 atom stereocenters. The second kappa shape index (κ2) is 5.40. The van der Waals surface area contributed by atoms with Crippen molar-refractivity contribution in [2.24, 2.45) is 5.73 Å². The molecule has 1 saturated carbocycles. The number of anilines is 1. The zero-order chi connectivity index (χ0) is 13.9. The van der Waals surface area contributed by atoms with Crippen molar-refractivity contribution >= 4 is 17.6 Å². The molecule has 0 aliphatic heterocycles. The van der Waals surface area contributed by atoms with Crippen LogP contribution in [0.1, 0.15) is 31.2 Å². The van der Waals surface area contributed by atoms with Gasteiger partial charge in [0.05, 0.1) is 12.0 Å². The van der Waals surface area contributed by atoms with Crippen LogP contribution in [0.15, 0.2) is 24.3 Å². The van der Waals surface area contributed by atoms with E-state index in [-0.39, 0.29) is 12.3 Å². The average Bonchev–Trinajstić information content (AvgIpc) is 2.79. The van der Waals surface area contributed by atoms with Gasteiger partial charge in [-0.3, -0.25) is 9.59 Å². The van der Waals surface area contributed by atoms with Crippen LogP contribution in [0.25, 0.3) is 0 Å². The number of aliphatic carboxylic acids is 1. The smallest absolute Gasteiger partial charge is 0.307 e. The predicted octanol–water partition coefficient (Wildman–Crippen LogP) is 1.52. The van der Waals surface area contributed by atoms with Gasteiger partial charge >= 0.3 is 5.97 Å². The second-order valence-electron chi connectivity index (χ2n) is 5.08. The number of rotatable bonds is 4. The Labute approximate surface area is 111 Å². The Balaban J connectivity index is 1.99. The minimum atomic E-state index is -0.872. The van der Waals surface area contributed by atoms with Crippen LogP contribution in [-0.2, 0) is 16.0 Å². The number of amides is 1. The second-order valence-corrected chi connectivity index (χ2v) is 5.08. The molecule has 5 heteroatoms. The molecular formula is C14H18N2O3. The fraction of sp³-hybridized carbons (Fsp3) is 0.429. The van der Waals surface area contributed by atoms with Crippen LogP contribution in [0.5, 0.6) is 0 Å². The number of carboxylic acids is 1. The number of carboxylic acid groups (broad SMARTS) is 1. The lowest BCUT2D eigenvalue weighted by molar-refractivity contribution is -0.136. The van der Waals surface area contributed by atoms with E-state index in [1.165, 1.54) is 0 Å². The first kappa shape index (κ1) is 13.5. The van der Waals surface area contributed by atoms with Crippen molar-refractivity contribution in [3.05, 3.63) is 29.8 Å². The molecule has 1 aliphatic carbocycles. The molecule has 0 heterocycles. The summed E-state index contributed by atoms with van der Waals surface area (Å²) in [6, 6.07) is 6.80. The molecule has 0 saturated heterocycles. The van der Waals surface area contributed by atoms with E-state index < -0.39 is 11.5 Å². The van der Waals surface area contributed by atoms with Crippen LogP contribution in [0.4, 0.5) is 5.69 Å². The maximum absolute atomic E-state index is 12.1. The zero-order valence-corrected chi connectivity index (χ0v) is 10.7. The van der Waals surface area contributed by atoms with Crippen LogP contribution in [0.2, 0.25) is 0 Å². The van der Waals surface area contributed by atoms with Crippen LogP contribution in [0, 0.1) is 0 Å². The van der Waals surface area contributed by atoms with E-state index in [0.717, 1.165) is 25.7 Å². The van der Waals surface area contributed by atoms with E-state index in [1.54, 1.807) is 24.3 Å². The molecule has 0 spiro atoms. The number of nitrogens with two attached hydrogens (primary N) is 1. The maximum atomic E-state index is 12.1. The van der Waals surface area contributed by atoms with Gasteiger partial charge in [0.15, 0.2) is 0 Å². The highest BCUT2D eigenvalue weighted by atomic mass is 16.4. The van der Waals surface area contributed by atoms with Crippen LogP contribution < -0.4 is 11.1 Å². The molecule has 0 aromatic heterocycles. The molecule has 0 radical (unpaired) electrons. The van der Waals surface area contributed by atoms with Crippen molar-refractivity contribution < 1.29 is 14.7 Å². The summed E-state index contributed by atoms with van der Waals surface area (Å²) >= 11 is 0. The first-order chi connectivity index (χ1) is 8.99. The van der Waals surface area contributed by atoms with Crippen molar-refractivity contribution in [3.8, 4) is 0 Å². The average molecular weight is 262 g/mol. The number of hydrogen-bond acceptors (Lipinski definition) is 3. The van der Waals surface area contributed by atoms with E-state index in [0.29, 0.717) is 11.3 Å².